The van der Waals surface area contributed by atoms with E-state index in [0.29, 0.717) is 5.91 Å². The zero-order valence-corrected chi connectivity index (χ0v) is 14.9. The third kappa shape index (κ3) is 3.32. The largest absolute Gasteiger partial charge is 0.354 e. The lowest BCUT2D eigenvalue weighted by molar-refractivity contribution is -0.135. The van der Waals surface area contributed by atoms with Gasteiger partial charge >= 0.3 is 0 Å². The van der Waals surface area contributed by atoms with E-state index >= 15 is 0 Å². The summed E-state index contributed by atoms with van der Waals surface area (Å²) in [5.74, 6) is 2.12. The predicted molar refractivity (Wildman–Crippen MR) is 95.5 cm³/mol. The van der Waals surface area contributed by atoms with Gasteiger partial charge in [0.25, 0.3) is 0 Å². The molecule has 2 fully saturated rings. The lowest BCUT2D eigenvalue weighted by Crippen LogP contribution is -2.45. The van der Waals surface area contributed by atoms with Gasteiger partial charge in [-0.3, -0.25) is 4.79 Å². The molecule has 1 atom stereocenters. The van der Waals surface area contributed by atoms with E-state index in [0.717, 1.165) is 69.2 Å². The van der Waals surface area contributed by atoms with Gasteiger partial charge in [-0.15, -0.1) is 15.3 Å². The van der Waals surface area contributed by atoms with E-state index in [1.54, 1.807) is 4.52 Å². The molecule has 0 aliphatic carbocycles. The number of aromatic nitrogens is 4. The molecule has 0 aromatic carbocycles. The Kier molecular flexibility index (Phi) is 4.55. The molecule has 2 aromatic heterocycles. The molecule has 134 valence electrons. The van der Waals surface area contributed by atoms with E-state index in [1.165, 1.54) is 12.8 Å². The van der Waals surface area contributed by atoms with Crippen molar-refractivity contribution in [3.05, 3.63) is 18.0 Å². The Morgan fingerprint density at radius 1 is 1.04 bits per heavy atom. The number of hydrogen-bond acceptors (Lipinski definition) is 5. The second kappa shape index (κ2) is 6.98. The van der Waals surface area contributed by atoms with Gasteiger partial charge in [-0.1, -0.05) is 12.8 Å². The van der Waals surface area contributed by atoms with Crippen LogP contribution in [-0.2, 0) is 4.79 Å². The van der Waals surface area contributed by atoms with E-state index < -0.39 is 0 Å². The first-order chi connectivity index (χ1) is 12.2. The first-order valence-corrected chi connectivity index (χ1v) is 9.45. The summed E-state index contributed by atoms with van der Waals surface area (Å²) in [6, 6.07) is 3.94. The Labute approximate surface area is 148 Å². The van der Waals surface area contributed by atoms with E-state index in [-0.39, 0.29) is 5.92 Å². The van der Waals surface area contributed by atoms with Gasteiger partial charge < -0.3 is 9.80 Å². The van der Waals surface area contributed by atoms with Crippen LogP contribution >= 0.6 is 0 Å². The van der Waals surface area contributed by atoms with E-state index in [4.69, 9.17) is 0 Å². The van der Waals surface area contributed by atoms with Crippen molar-refractivity contribution in [1.29, 1.82) is 0 Å². The van der Waals surface area contributed by atoms with Gasteiger partial charge in [-0.05, 0) is 44.7 Å². The number of anilines is 1. The molecule has 0 bridgehead atoms. The molecule has 1 amide bonds. The Hall–Kier alpha value is -2.18. The molecule has 0 unspecified atom stereocenters. The van der Waals surface area contributed by atoms with E-state index in [2.05, 4.69) is 25.1 Å². The van der Waals surface area contributed by atoms with Crippen LogP contribution in [0.5, 0.6) is 0 Å². The number of likely N-dealkylation sites (tertiary alicyclic amines) is 1. The third-order valence-electron chi connectivity index (χ3n) is 5.42. The number of carbonyl (C=O) groups is 1. The summed E-state index contributed by atoms with van der Waals surface area (Å²) in [6.45, 7) is 5.47. The molecule has 4 heterocycles. The van der Waals surface area contributed by atoms with Crippen molar-refractivity contribution < 1.29 is 4.79 Å². The van der Waals surface area contributed by atoms with Crippen molar-refractivity contribution in [2.24, 2.45) is 5.92 Å². The Bertz CT molecular complexity index is 749. The summed E-state index contributed by atoms with van der Waals surface area (Å²) in [4.78, 5) is 17.3. The van der Waals surface area contributed by atoms with Gasteiger partial charge in [-0.25, -0.2) is 0 Å². The highest BCUT2D eigenvalue weighted by molar-refractivity contribution is 5.79. The molecule has 2 aromatic rings. The number of aryl methyl sites for hydroxylation is 1. The molecule has 7 heteroatoms. The molecule has 7 nitrogen and oxygen atoms in total. The molecule has 0 radical (unpaired) electrons. The van der Waals surface area contributed by atoms with Crippen molar-refractivity contribution in [1.82, 2.24) is 24.7 Å². The van der Waals surface area contributed by atoms with Crippen LogP contribution in [0.15, 0.2) is 12.1 Å². The zero-order valence-electron chi connectivity index (χ0n) is 14.9. The fraction of sp³-hybridized carbons (Fsp3) is 0.667. The molecule has 2 aliphatic rings. The van der Waals surface area contributed by atoms with Gasteiger partial charge in [0.15, 0.2) is 11.5 Å². The van der Waals surface area contributed by atoms with Gasteiger partial charge in [0.2, 0.25) is 5.91 Å². The normalized spacial score (nSPS) is 22.2. The molecule has 2 saturated heterocycles. The monoisotopic (exact) mass is 342 g/mol. The number of piperidine rings is 1. The smallest absolute Gasteiger partial charge is 0.227 e. The fourth-order valence-electron chi connectivity index (χ4n) is 3.99. The van der Waals surface area contributed by atoms with Crippen molar-refractivity contribution in [2.45, 2.75) is 45.4 Å². The SMILES string of the molecule is Cc1nnc2ccc(N3CCC[C@H](C(=O)N4CCCCCC4)C3)nn12. The highest BCUT2D eigenvalue weighted by atomic mass is 16.2. The van der Waals surface area contributed by atoms with Crippen LogP contribution in [0.25, 0.3) is 5.65 Å². The van der Waals surface area contributed by atoms with Crippen LogP contribution in [0.4, 0.5) is 5.82 Å². The number of rotatable bonds is 2. The molecule has 4 rings (SSSR count). The van der Waals surface area contributed by atoms with Crippen LogP contribution in [0.1, 0.15) is 44.3 Å². The third-order valence-corrected chi connectivity index (χ3v) is 5.42. The molecule has 25 heavy (non-hydrogen) atoms. The molecular formula is C18H26N6O. The summed E-state index contributed by atoms with van der Waals surface area (Å²) in [5.41, 5.74) is 0.760. The number of amides is 1. The molecule has 0 spiro atoms. The Balaban J connectivity index is 1.49. The molecule has 2 aliphatic heterocycles. The average Bonchev–Trinajstić information content (AvgIpc) is 2.86. The Morgan fingerprint density at radius 3 is 2.64 bits per heavy atom. The summed E-state index contributed by atoms with van der Waals surface area (Å²) in [6.07, 6.45) is 6.82. The van der Waals surface area contributed by atoms with Gasteiger partial charge in [-0.2, -0.15) is 4.52 Å². The fourth-order valence-corrected chi connectivity index (χ4v) is 3.99. The topological polar surface area (TPSA) is 66.6 Å². The first kappa shape index (κ1) is 16.3. The molecule has 0 N–H and O–H groups in total. The van der Waals surface area contributed by atoms with Crippen LogP contribution in [0, 0.1) is 12.8 Å². The maximum Gasteiger partial charge on any atom is 0.227 e. The minimum atomic E-state index is 0.0892. The zero-order chi connectivity index (χ0) is 17.2. The number of hydrogen-bond donors (Lipinski definition) is 0. The van der Waals surface area contributed by atoms with Gasteiger partial charge in [0, 0.05) is 26.2 Å². The first-order valence-electron chi connectivity index (χ1n) is 9.45. The quantitative estimate of drug-likeness (QED) is 0.836. The predicted octanol–water partition coefficient (Wildman–Crippen LogP) is 2.05. The van der Waals surface area contributed by atoms with Gasteiger partial charge in [0.1, 0.15) is 5.82 Å². The minimum Gasteiger partial charge on any atom is -0.354 e. The Morgan fingerprint density at radius 2 is 1.84 bits per heavy atom. The molecule has 0 saturated carbocycles. The highest BCUT2D eigenvalue weighted by Crippen LogP contribution is 2.24. The van der Waals surface area contributed by atoms with Crippen LogP contribution in [0.3, 0.4) is 0 Å². The standard InChI is InChI=1S/C18H26N6O/c1-14-19-20-16-8-9-17(21-24(14)16)23-12-6-7-15(13-23)18(25)22-10-4-2-3-5-11-22/h8-9,15H,2-7,10-13H2,1H3/t15-/m0/s1. The second-order valence-electron chi connectivity index (χ2n) is 7.23. The lowest BCUT2D eigenvalue weighted by atomic mass is 9.96. The van der Waals surface area contributed by atoms with Gasteiger partial charge in [0.05, 0.1) is 5.92 Å². The van der Waals surface area contributed by atoms with Crippen LogP contribution in [0.2, 0.25) is 0 Å². The number of fused-ring (bicyclic) bond motifs is 1. The maximum absolute atomic E-state index is 13.0. The summed E-state index contributed by atoms with van der Waals surface area (Å²) < 4.78 is 1.77. The van der Waals surface area contributed by atoms with Crippen LogP contribution in [-0.4, -0.2) is 56.8 Å². The van der Waals surface area contributed by atoms with Crippen molar-refractivity contribution >= 4 is 17.4 Å². The van der Waals surface area contributed by atoms with Crippen molar-refractivity contribution in [2.75, 3.05) is 31.1 Å². The summed E-state index contributed by atoms with van der Waals surface area (Å²) >= 11 is 0. The van der Waals surface area contributed by atoms with E-state index in [9.17, 15) is 4.79 Å². The van der Waals surface area contributed by atoms with Crippen molar-refractivity contribution in [3.63, 3.8) is 0 Å². The summed E-state index contributed by atoms with van der Waals surface area (Å²) in [5, 5.41) is 12.8. The highest BCUT2D eigenvalue weighted by Gasteiger charge is 2.30. The maximum atomic E-state index is 13.0. The minimum absolute atomic E-state index is 0.0892. The molecular weight excluding hydrogens is 316 g/mol. The van der Waals surface area contributed by atoms with Crippen molar-refractivity contribution in [3.8, 4) is 0 Å². The number of carbonyl (C=O) groups excluding carboxylic acids is 1. The van der Waals surface area contributed by atoms with E-state index in [1.807, 2.05) is 19.1 Å². The second-order valence-corrected chi connectivity index (χ2v) is 7.23. The average molecular weight is 342 g/mol. The summed E-state index contributed by atoms with van der Waals surface area (Å²) in [7, 11) is 0. The number of nitrogens with zero attached hydrogens (tertiary/aromatic N) is 6. The lowest BCUT2D eigenvalue weighted by Gasteiger charge is -2.35. The van der Waals surface area contributed by atoms with Crippen LogP contribution < -0.4 is 4.90 Å².